The van der Waals surface area contributed by atoms with Crippen LogP contribution in [0.4, 0.5) is 0 Å². The fraction of sp³-hybridized carbons (Fsp3) is 0.200. The second-order valence-corrected chi connectivity index (χ2v) is 8.47. The van der Waals surface area contributed by atoms with E-state index in [9.17, 15) is 18.3 Å². The first-order valence-electron chi connectivity index (χ1n) is 7.03. The van der Waals surface area contributed by atoms with Gasteiger partial charge >= 0.3 is 0 Å². The number of hydrogen-bond donors (Lipinski definition) is 2. The molecule has 2 N–H and O–H groups in total. The minimum Gasteiger partial charge on any atom is -0.505 e. The van der Waals surface area contributed by atoms with E-state index in [1.54, 1.807) is 18.3 Å². The first-order chi connectivity index (χ1) is 11.3. The molecular formula is C15H15N3O4S2. The van der Waals surface area contributed by atoms with Gasteiger partial charge in [0.25, 0.3) is 15.9 Å². The number of aryl methyl sites for hydroxylation is 1. The molecule has 2 aromatic rings. The number of aliphatic hydroxyl groups excluding tert-OH is 1. The summed E-state index contributed by atoms with van der Waals surface area (Å²) in [6.45, 7) is 2.05. The van der Waals surface area contributed by atoms with E-state index in [0.717, 1.165) is 9.18 Å². The van der Waals surface area contributed by atoms with E-state index < -0.39 is 15.9 Å². The number of aliphatic hydroxyl groups is 1. The molecular weight excluding hydrogens is 350 g/mol. The third kappa shape index (κ3) is 2.65. The van der Waals surface area contributed by atoms with Crippen LogP contribution in [0.15, 0.2) is 41.1 Å². The number of nitrogens with zero attached hydrogens (tertiary/aromatic N) is 2. The quantitative estimate of drug-likeness (QED) is 0.861. The van der Waals surface area contributed by atoms with E-state index in [0.29, 0.717) is 5.01 Å². The fourth-order valence-corrected chi connectivity index (χ4v) is 4.53. The molecule has 7 nitrogen and oxygen atoms in total. The maximum absolute atomic E-state index is 12.5. The van der Waals surface area contributed by atoms with Gasteiger partial charge in [-0.15, -0.1) is 11.3 Å². The number of aromatic nitrogens is 1. The largest absolute Gasteiger partial charge is 0.505 e. The second kappa shape index (κ2) is 5.91. The minimum atomic E-state index is -3.89. The number of nitrogens with one attached hydrogen (secondary N) is 1. The van der Waals surface area contributed by atoms with Gasteiger partial charge in [0.05, 0.1) is 11.4 Å². The highest BCUT2D eigenvalue weighted by molar-refractivity contribution is 7.89. The highest BCUT2D eigenvalue weighted by Crippen LogP contribution is 2.34. The molecule has 9 heteroatoms. The van der Waals surface area contributed by atoms with Gasteiger partial charge in [0.15, 0.2) is 11.5 Å². The summed E-state index contributed by atoms with van der Waals surface area (Å²) in [6.07, 6.45) is 1.69. The summed E-state index contributed by atoms with van der Waals surface area (Å²) in [5.74, 6) is -1.04. The Morgan fingerprint density at radius 2 is 2.08 bits per heavy atom. The van der Waals surface area contributed by atoms with Crippen molar-refractivity contribution in [2.75, 3.05) is 7.05 Å². The van der Waals surface area contributed by atoms with Gasteiger partial charge in [0.1, 0.15) is 5.01 Å². The van der Waals surface area contributed by atoms with Gasteiger partial charge in [0, 0.05) is 23.7 Å². The van der Waals surface area contributed by atoms with Crippen molar-refractivity contribution >= 4 is 33.0 Å². The topological polar surface area (TPSA) is 99.6 Å². The normalized spacial score (nSPS) is 16.0. The van der Waals surface area contributed by atoms with Crippen LogP contribution in [0.2, 0.25) is 0 Å². The van der Waals surface area contributed by atoms with Crippen LogP contribution in [-0.2, 0) is 21.4 Å². The predicted octanol–water partition coefficient (Wildman–Crippen LogP) is 1.63. The highest BCUT2D eigenvalue weighted by atomic mass is 32.2. The van der Waals surface area contributed by atoms with Crippen molar-refractivity contribution in [3.8, 4) is 0 Å². The van der Waals surface area contributed by atoms with Crippen molar-refractivity contribution in [1.29, 1.82) is 0 Å². The molecule has 0 aliphatic carbocycles. The zero-order valence-electron chi connectivity index (χ0n) is 13.0. The molecule has 1 amide bonds. The third-order valence-corrected chi connectivity index (χ3v) is 6.33. The highest BCUT2D eigenvalue weighted by Gasteiger charge is 2.37. The lowest BCUT2D eigenvalue weighted by atomic mass is 10.1. The van der Waals surface area contributed by atoms with Gasteiger partial charge in [0.2, 0.25) is 0 Å². The number of carbonyl (C=O) groups excluding carboxylic acids is 1. The molecule has 0 atom stereocenters. The lowest BCUT2D eigenvalue weighted by Crippen LogP contribution is -2.39. The van der Waals surface area contributed by atoms with Crippen LogP contribution in [-0.4, -0.2) is 35.8 Å². The van der Waals surface area contributed by atoms with E-state index >= 15 is 0 Å². The van der Waals surface area contributed by atoms with E-state index in [4.69, 9.17) is 0 Å². The monoisotopic (exact) mass is 365 g/mol. The predicted molar refractivity (Wildman–Crippen MR) is 89.6 cm³/mol. The number of likely N-dealkylation sites (N-methyl/N-ethyl adjacent to an activating group) is 1. The van der Waals surface area contributed by atoms with Crippen LogP contribution in [0.5, 0.6) is 0 Å². The first-order valence-corrected chi connectivity index (χ1v) is 9.29. The average molecular weight is 365 g/mol. The van der Waals surface area contributed by atoms with E-state index in [1.807, 2.05) is 6.92 Å². The molecule has 0 unspecified atom stereocenters. The maximum Gasteiger partial charge on any atom is 0.272 e. The molecule has 0 bridgehead atoms. The molecule has 1 aromatic heterocycles. The van der Waals surface area contributed by atoms with Crippen molar-refractivity contribution < 1.29 is 18.3 Å². The Bertz CT molecular complexity index is 947. The lowest BCUT2D eigenvalue weighted by molar-refractivity contribution is -0.118. The number of sulfonamides is 1. The Kier molecular flexibility index (Phi) is 4.06. The lowest BCUT2D eigenvalue weighted by Gasteiger charge is -2.28. The van der Waals surface area contributed by atoms with Crippen LogP contribution >= 0.6 is 11.3 Å². The first kappa shape index (κ1) is 16.5. The van der Waals surface area contributed by atoms with Crippen LogP contribution in [0, 0.1) is 6.92 Å². The summed E-state index contributed by atoms with van der Waals surface area (Å²) < 4.78 is 25.9. The summed E-state index contributed by atoms with van der Waals surface area (Å²) in [5.41, 5.74) is -0.187. The molecule has 0 saturated carbocycles. The molecule has 0 spiro atoms. The number of fused-ring (bicyclic) bond motifs is 1. The zero-order chi connectivity index (χ0) is 17.5. The Morgan fingerprint density at radius 1 is 1.38 bits per heavy atom. The van der Waals surface area contributed by atoms with Crippen LogP contribution in [0.25, 0.3) is 5.76 Å². The Balaban J connectivity index is 1.95. The SMILES string of the molecule is Cc1cnc(CNC(=O)C2=C(O)c3ccccc3S(=O)(=O)N2C)s1. The number of benzene rings is 1. The van der Waals surface area contributed by atoms with Gasteiger partial charge in [-0.2, -0.15) is 0 Å². The second-order valence-electron chi connectivity index (χ2n) is 5.21. The van der Waals surface area contributed by atoms with Crippen LogP contribution < -0.4 is 5.32 Å². The number of rotatable bonds is 3. The fourth-order valence-electron chi connectivity index (χ4n) is 2.40. The van der Waals surface area contributed by atoms with Gasteiger partial charge in [-0.25, -0.2) is 13.4 Å². The molecule has 0 saturated heterocycles. The summed E-state index contributed by atoms with van der Waals surface area (Å²) in [4.78, 5) is 17.5. The van der Waals surface area contributed by atoms with Crippen molar-refractivity contribution in [2.24, 2.45) is 0 Å². The van der Waals surface area contributed by atoms with E-state index in [1.165, 1.54) is 30.5 Å². The van der Waals surface area contributed by atoms with Gasteiger partial charge < -0.3 is 10.4 Å². The maximum atomic E-state index is 12.5. The summed E-state index contributed by atoms with van der Waals surface area (Å²) in [7, 11) is -2.65. The van der Waals surface area contributed by atoms with Crippen molar-refractivity contribution in [3.05, 3.63) is 51.6 Å². The average Bonchev–Trinajstić information content (AvgIpc) is 2.97. The summed E-state index contributed by atoms with van der Waals surface area (Å²) in [6, 6.07) is 6.02. The van der Waals surface area contributed by atoms with Crippen LogP contribution in [0.3, 0.4) is 0 Å². The van der Waals surface area contributed by atoms with Crippen molar-refractivity contribution in [3.63, 3.8) is 0 Å². The van der Waals surface area contributed by atoms with Gasteiger partial charge in [-0.3, -0.25) is 9.10 Å². The zero-order valence-corrected chi connectivity index (χ0v) is 14.6. The number of thiazole rings is 1. The van der Waals surface area contributed by atoms with Crippen molar-refractivity contribution in [1.82, 2.24) is 14.6 Å². The standard InChI is InChI=1S/C15H15N3O4S2/c1-9-7-16-12(23-9)8-17-15(20)13-14(19)10-5-3-4-6-11(10)24(21,22)18(13)2/h3-7,19H,8H2,1-2H3,(H,17,20). The summed E-state index contributed by atoms with van der Waals surface area (Å²) in [5, 5.41) is 13.7. The molecule has 2 heterocycles. The smallest absolute Gasteiger partial charge is 0.272 e. The third-order valence-electron chi connectivity index (χ3n) is 3.60. The molecule has 0 radical (unpaired) electrons. The van der Waals surface area contributed by atoms with Gasteiger partial charge in [-0.1, -0.05) is 12.1 Å². The van der Waals surface area contributed by atoms with Crippen LogP contribution in [0.1, 0.15) is 15.4 Å². The molecule has 24 heavy (non-hydrogen) atoms. The number of carbonyl (C=O) groups is 1. The Morgan fingerprint density at radius 3 is 2.75 bits per heavy atom. The minimum absolute atomic E-state index is 0.0305. The summed E-state index contributed by atoms with van der Waals surface area (Å²) >= 11 is 1.43. The molecule has 1 aliphatic rings. The number of amides is 1. The van der Waals surface area contributed by atoms with Gasteiger partial charge in [-0.05, 0) is 19.1 Å². The van der Waals surface area contributed by atoms with E-state index in [-0.39, 0.29) is 28.5 Å². The Labute approximate surface area is 143 Å². The van der Waals surface area contributed by atoms with Crippen molar-refractivity contribution in [2.45, 2.75) is 18.4 Å². The van der Waals surface area contributed by atoms with E-state index in [2.05, 4.69) is 10.3 Å². The molecule has 1 aliphatic heterocycles. The molecule has 0 fully saturated rings. The molecule has 1 aromatic carbocycles. The Hall–Kier alpha value is -2.39. The molecule has 3 rings (SSSR count). The molecule has 126 valence electrons. The number of hydrogen-bond acceptors (Lipinski definition) is 6.